The number of aliphatic hydroxyl groups excluding tert-OH is 1. The summed E-state index contributed by atoms with van der Waals surface area (Å²) in [6, 6.07) is 0. The number of hydrogen-bond donors (Lipinski definition) is 1. The second-order valence-electron chi connectivity index (χ2n) is 5.80. The molecule has 0 aliphatic rings. The molecule has 3 heteroatoms. The monoisotopic (exact) mass is 244 g/mol. The van der Waals surface area contributed by atoms with E-state index in [0.29, 0.717) is 6.61 Å². The van der Waals surface area contributed by atoms with Gasteiger partial charge in [-0.05, 0) is 33.5 Å². The summed E-state index contributed by atoms with van der Waals surface area (Å²) in [5, 5.41) is 9.57. The molecule has 0 aromatic heterocycles. The van der Waals surface area contributed by atoms with Gasteiger partial charge in [0.25, 0.3) is 0 Å². The first-order valence-corrected chi connectivity index (χ1v) is 6.95. The lowest BCUT2D eigenvalue weighted by atomic mass is 9.86. The normalized spacial score (nSPS) is 15.5. The Kier molecular flexibility index (Phi) is 8.83. The number of nitrogens with zero attached hydrogens (tertiary/aromatic N) is 2. The van der Waals surface area contributed by atoms with E-state index in [-0.39, 0.29) is 5.41 Å². The average Bonchev–Trinajstić information content (AvgIpc) is 2.26. The summed E-state index contributed by atoms with van der Waals surface area (Å²) >= 11 is 0. The van der Waals surface area contributed by atoms with Crippen LogP contribution >= 0.6 is 0 Å². The SMILES string of the molecule is CCCN(CCN(C)C)CC(C)(CO)CCC. The Morgan fingerprint density at radius 2 is 1.65 bits per heavy atom. The Morgan fingerprint density at radius 3 is 2.06 bits per heavy atom. The molecular weight excluding hydrogens is 212 g/mol. The fraction of sp³-hybridized carbons (Fsp3) is 1.00. The molecule has 0 aromatic rings. The van der Waals surface area contributed by atoms with E-state index >= 15 is 0 Å². The Morgan fingerprint density at radius 1 is 1.00 bits per heavy atom. The number of aliphatic hydroxyl groups is 1. The van der Waals surface area contributed by atoms with Crippen LogP contribution in [0.5, 0.6) is 0 Å². The number of likely N-dealkylation sites (N-methyl/N-ethyl adjacent to an activating group) is 1. The van der Waals surface area contributed by atoms with Crippen LogP contribution in [-0.2, 0) is 0 Å². The van der Waals surface area contributed by atoms with E-state index in [1.165, 1.54) is 6.42 Å². The largest absolute Gasteiger partial charge is 0.396 e. The predicted molar refractivity (Wildman–Crippen MR) is 75.4 cm³/mol. The zero-order chi connectivity index (χ0) is 13.3. The lowest BCUT2D eigenvalue weighted by Crippen LogP contribution is -2.41. The maximum Gasteiger partial charge on any atom is 0.0497 e. The molecule has 3 nitrogen and oxygen atoms in total. The van der Waals surface area contributed by atoms with Gasteiger partial charge in [0.2, 0.25) is 0 Å². The van der Waals surface area contributed by atoms with E-state index in [4.69, 9.17) is 0 Å². The van der Waals surface area contributed by atoms with Crippen molar-refractivity contribution in [3.05, 3.63) is 0 Å². The lowest BCUT2D eigenvalue weighted by molar-refractivity contribution is 0.0766. The summed E-state index contributed by atoms with van der Waals surface area (Å²) in [6.07, 6.45) is 3.43. The predicted octanol–water partition coefficient (Wildman–Crippen LogP) is 2.06. The molecule has 0 bridgehead atoms. The van der Waals surface area contributed by atoms with Crippen molar-refractivity contribution in [1.29, 1.82) is 0 Å². The van der Waals surface area contributed by atoms with Crippen molar-refractivity contribution < 1.29 is 5.11 Å². The molecule has 0 amide bonds. The molecule has 0 aliphatic carbocycles. The van der Waals surface area contributed by atoms with Gasteiger partial charge in [-0.25, -0.2) is 0 Å². The highest BCUT2D eigenvalue weighted by Gasteiger charge is 2.25. The second-order valence-corrected chi connectivity index (χ2v) is 5.80. The van der Waals surface area contributed by atoms with E-state index in [9.17, 15) is 5.11 Å². The van der Waals surface area contributed by atoms with Crippen molar-refractivity contribution in [1.82, 2.24) is 9.80 Å². The van der Waals surface area contributed by atoms with E-state index in [1.807, 2.05) is 0 Å². The zero-order valence-electron chi connectivity index (χ0n) is 12.5. The Balaban J connectivity index is 4.28. The Labute approximate surface area is 108 Å². The molecule has 1 atom stereocenters. The summed E-state index contributed by atoms with van der Waals surface area (Å²) < 4.78 is 0. The van der Waals surface area contributed by atoms with Crippen LogP contribution in [0.2, 0.25) is 0 Å². The first kappa shape index (κ1) is 16.9. The van der Waals surface area contributed by atoms with E-state index in [0.717, 1.165) is 39.0 Å². The van der Waals surface area contributed by atoms with Crippen LogP contribution in [0.4, 0.5) is 0 Å². The molecule has 0 saturated carbocycles. The van der Waals surface area contributed by atoms with Crippen LogP contribution in [0.1, 0.15) is 40.0 Å². The molecule has 0 radical (unpaired) electrons. The number of rotatable bonds is 10. The highest BCUT2D eigenvalue weighted by atomic mass is 16.3. The van der Waals surface area contributed by atoms with E-state index in [2.05, 4.69) is 44.7 Å². The van der Waals surface area contributed by atoms with Crippen molar-refractivity contribution in [3.63, 3.8) is 0 Å². The van der Waals surface area contributed by atoms with Crippen LogP contribution in [0.3, 0.4) is 0 Å². The Hall–Kier alpha value is -0.120. The van der Waals surface area contributed by atoms with Gasteiger partial charge in [0.1, 0.15) is 0 Å². The third-order valence-electron chi connectivity index (χ3n) is 3.24. The minimum absolute atomic E-state index is 0.0657. The molecule has 1 unspecified atom stereocenters. The molecule has 17 heavy (non-hydrogen) atoms. The Bertz CT molecular complexity index is 185. The van der Waals surface area contributed by atoms with Gasteiger partial charge in [0.05, 0.1) is 0 Å². The van der Waals surface area contributed by atoms with Gasteiger partial charge in [-0.3, -0.25) is 0 Å². The topological polar surface area (TPSA) is 26.7 Å². The molecule has 0 rings (SSSR count). The molecule has 0 aliphatic heterocycles. The summed E-state index contributed by atoms with van der Waals surface area (Å²) in [6.45, 7) is 11.2. The van der Waals surface area contributed by atoms with Gasteiger partial charge in [-0.2, -0.15) is 0 Å². The lowest BCUT2D eigenvalue weighted by Gasteiger charge is -2.34. The highest BCUT2D eigenvalue weighted by Crippen LogP contribution is 2.23. The van der Waals surface area contributed by atoms with Gasteiger partial charge >= 0.3 is 0 Å². The maximum atomic E-state index is 9.57. The van der Waals surface area contributed by atoms with Crippen LogP contribution in [0.25, 0.3) is 0 Å². The molecular formula is C14H32N2O. The van der Waals surface area contributed by atoms with Crippen molar-refractivity contribution >= 4 is 0 Å². The van der Waals surface area contributed by atoms with Gasteiger partial charge < -0.3 is 14.9 Å². The third-order valence-corrected chi connectivity index (χ3v) is 3.24. The van der Waals surface area contributed by atoms with Crippen molar-refractivity contribution in [2.45, 2.75) is 40.0 Å². The fourth-order valence-electron chi connectivity index (χ4n) is 2.28. The number of hydrogen-bond acceptors (Lipinski definition) is 3. The molecule has 0 saturated heterocycles. The standard InChI is InChI=1S/C14H32N2O/c1-6-8-14(3,13-17)12-16(9-7-2)11-10-15(4)5/h17H,6-13H2,1-5H3. The average molecular weight is 244 g/mol. The smallest absolute Gasteiger partial charge is 0.0497 e. The second kappa shape index (κ2) is 8.90. The molecule has 0 spiro atoms. The minimum Gasteiger partial charge on any atom is -0.396 e. The zero-order valence-corrected chi connectivity index (χ0v) is 12.5. The molecule has 0 heterocycles. The maximum absolute atomic E-state index is 9.57. The van der Waals surface area contributed by atoms with E-state index < -0.39 is 0 Å². The van der Waals surface area contributed by atoms with Crippen molar-refractivity contribution in [2.24, 2.45) is 5.41 Å². The molecule has 0 fully saturated rings. The molecule has 0 aromatic carbocycles. The summed E-state index contributed by atoms with van der Waals surface area (Å²) in [5.74, 6) is 0. The summed E-state index contributed by atoms with van der Waals surface area (Å²) in [5.41, 5.74) is 0.0657. The first-order chi connectivity index (χ1) is 7.97. The highest BCUT2D eigenvalue weighted by molar-refractivity contribution is 4.77. The van der Waals surface area contributed by atoms with Crippen LogP contribution in [0, 0.1) is 5.41 Å². The molecule has 1 N–H and O–H groups in total. The van der Waals surface area contributed by atoms with Crippen LogP contribution in [0.15, 0.2) is 0 Å². The fourth-order valence-corrected chi connectivity index (χ4v) is 2.28. The summed E-state index contributed by atoms with van der Waals surface area (Å²) in [7, 11) is 4.23. The molecule has 104 valence electrons. The third kappa shape index (κ3) is 7.74. The minimum atomic E-state index is 0.0657. The van der Waals surface area contributed by atoms with Crippen molar-refractivity contribution in [3.8, 4) is 0 Å². The van der Waals surface area contributed by atoms with Gasteiger partial charge in [0.15, 0.2) is 0 Å². The van der Waals surface area contributed by atoms with E-state index in [1.54, 1.807) is 0 Å². The summed E-state index contributed by atoms with van der Waals surface area (Å²) in [4.78, 5) is 4.71. The van der Waals surface area contributed by atoms with Gasteiger partial charge in [-0.1, -0.05) is 27.2 Å². The van der Waals surface area contributed by atoms with Crippen LogP contribution in [-0.4, -0.2) is 61.8 Å². The van der Waals surface area contributed by atoms with Gasteiger partial charge in [0, 0.05) is 31.7 Å². The first-order valence-electron chi connectivity index (χ1n) is 6.95. The van der Waals surface area contributed by atoms with Gasteiger partial charge in [-0.15, -0.1) is 0 Å². The van der Waals surface area contributed by atoms with Crippen LogP contribution < -0.4 is 0 Å². The van der Waals surface area contributed by atoms with Crippen molar-refractivity contribution in [2.75, 3.05) is 46.9 Å². The quantitative estimate of drug-likeness (QED) is 0.637.